The number of ether oxygens (including phenoxy) is 2. The minimum Gasteiger partial charge on any atom is -0.497 e. The Balaban J connectivity index is 1.72. The number of carbonyl (C=O) groups is 1. The molecule has 5 nitrogen and oxygen atoms in total. The smallest absolute Gasteiger partial charge is 0.224 e. The van der Waals surface area contributed by atoms with Gasteiger partial charge in [0.2, 0.25) is 5.91 Å². The van der Waals surface area contributed by atoms with Gasteiger partial charge in [-0.05, 0) is 24.6 Å². The van der Waals surface area contributed by atoms with Crippen LogP contribution in [0.1, 0.15) is 24.9 Å². The summed E-state index contributed by atoms with van der Waals surface area (Å²) in [5, 5.41) is 3.39. The van der Waals surface area contributed by atoms with Crippen molar-refractivity contribution in [3.8, 4) is 5.75 Å². The number of carbonyl (C=O) groups excluding carboxylic acids is 1. The summed E-state index contributed by atoms with van der Waals surface area (Å²) in [4.78, 5) is 13.9. The number of amides is 1. The van der Waals surface area contributed by atoms with Crippen LogP contribution in [0.4, 0.5) is 0 Å². The van der Waals surface area contributed by atoms with Crippen LogP contribution in [-0.2, 0) is 9.53 Å². The van der Waals surface area contributed by atoms with Crippen LogP contribution >= 0.6 is 0 Å². The maximum absolute atomic E-state index is 12.0. The lowest BCUT2D eigenvalue weighted by atomic mass is 10.1. The Morgan fingerprint density at radius 1 is 1.33 bits per heavy atom. The van der Waals surface area contributed by atoms with E-state index in [0.29, 0.717) is 39.3 Å². The number of rotatable bonds is 6. The van der Waals surface area contributed by atoms with Crippen molar-refractivity contribution in [3.05, 3.63) is 29.8 Å². The zero-order chi connectivity index (χ0) is 15.1. The molecular weight excluding hydrogens is 268 g/mol. The molecule has 0 radical (unpaired) electrons. The molecule has 0 spiro atoms. The summed E-state index contributed by atoms with van der Waals surface area (Å²) < 4.78 is 10.4. The molecule has 0 aliphatic carbocycles. The highest BCUT2D eigenvalue weighted by Crippen LogP contribution is 2.17. The van der Waals surface area contributed by atoms with Crippen molar-refractivity contribution in [2.75, 3.05) is 40.0 Å². The molecular formula is C16H24N2O3. The van der Waals surface area contributed by atoms with Crippen molar-refractivity contribution < 1.29 is 14.3 Å². The third-order valence-electron chi connectivity index (χ3n) is 3.77. The van der Waals surface area contributed by atoms with E-state index in [-0.39, 0.29) is 11.9 Å². The zero-order valence-corrected chi connectivity index (χ0v) is 12.8. The lowest BCUT2D eigenvalue weighted by Gasteiger charge is -2.27. The predicted octanol–water partition coefficient (Wildman–Crippen LogP) is 1.59. The second kappa shape index (κ2) is 8.00. The zero-order valence-electron chi connectivity index (χ0n) is 12.8. The highest BCUT2D eigenvalue weighted by atomic mass is 16.5. The molecule has 0 aromatic heterocycles. The number of benzene rings is 1. The topological polar surface area (TPSA) is 50.8 Å². The standard InChI is InChI=1S/C16H24N2O3/c1-13(14-3-5-15(20-2)6-4-14)17-8-7-16(19)18-9-11-21-12-10-18/h3-6,13,17H,7-12H2,1-2H3. The Hall–Kier alpha value is -1.59. The van der Waals surface area contributed by atoms with E-state index in [1.165, 1.54) is 5.56 Å². The maximum Gasteiger partial charge on any atom is 0.224 e. The van der Waals surface area contributed by atoms with Gasteiger partial charge < -0.3 is 19.7 Å². The molecule has 1 fully saturated rings. The summed E-state index contributed by atoms with van der Waals surface area (Å²) in [7, 11) is 1.66. The molecule has 2 rings (SSSR count). The minimum absolute atomic E-state index is 0.202. The number of hydrogen-bond acceptors (Lipinski definition) is 4. The molecule has 0 bridgehead atoms. The quantitative estimate of drug-likeness (QED) is 0.865. The molecule has 0 saturated carbocycles. The maximum atomic E-state index is 12.0. The van der Waals surface area contributed by atoms with E-state index in [2.05, 4.69) is 12.2 Å². The molecule has 1 heterocycles. The van der Waals surface area contributed by atoms with E-state index in [0.717, 1.165) is 5.75 Å². The average Bonchev–Trinajstić information content (AvgIpc) is 2.55. The SMILES string of the molecule is COc1ccc(C(C)NCCC(=O)N2CCOCC2)cc1. The predicted molar refractivity (Wildman–Crippen MR) is 81.4 cm³/mol. The molecule has 1 atom stereocenters. The van der Waals surface area contributed by atoms with Gasteiger partial charge in [-0.1, -0.05) is 12.1 Å². The third kappa shape index (κ3) is 4.72. The lowest BCUT2D eigenvalue weighted by Crippen LogP contribution is -2.41. The number of nitrogens with zero attached hydrogens (tertiary/aromatic N) is 1. The fourth-order valence-electron chi connectivity index (χ4n) is 2.38. The van der Waals surface area contributed by atoms with Gasteiger partial charge in [0.05, 0.1) is 20.3 Å². The van der Waals surface area contributed by atoms with Crippen LogP contribution in [0.3, 0.4) is 0 Å². The largest absolute Gasteiger partial charge is 0.497 e. The Kier molecular flexibility index (Phi) is 6.02. The van der Waals surface area contributed by atoms with Gasteiger partial charge in [0.15, 0.2) is 0 Å². The minimum atomic E-state index is 0.202. The van der Waals surface area contributed by atoms with Crippen LogP contribution in [0.25, 0.3) is 0 Å². The first kappa shape index (κ1) is 15.8. The number of nitrogens with one attached hydrogen (secondary N) is 1. The third-order valence-corrected chi connectivity index (χ3v) is 3.77. The summed E-state index contributed by atoms with van der Waals surface area (Å²) in [6.45, 7) is 5.52. The highest BCUT2D eigenvalue weighted by molar-refractivity contribution is 5.76. The second-order valence-corrected chi connectivity index (χ2v) is 5.19. The molecule has 1 aliphatic heterocycles. The van der Waals surface area contributed by atoms with E-state index >= 15 is 0 Å². The molecule has 1 amide bonds. The lowest BCUT2D eigenvalue weighted by molar-refractivity contribution is -0.135. The first-order valence-corrected chi connectivity index (χ1v) is 7.43. The van der Waals surface area contributed by atoms with E-state index < -0.39 is 0 Å². The number of morpholine rings is 1. The van der Waals surface area contributed by atoms with Gasteiger partial charge in [-0.25, -0.2) is 0 Å². The van der Waals surface area contributed by atoms with Gasteiger partial charge >= 0.3 is 0 Å². The number of hydrogen-bond donors (Lipinski definition) is 1. The van der Waals surface area contributed by atoms with E-state index in [1.54, 1.807) is 7.11 Å². The van der Waals surface area contributed by atoms with Crippen molar-refractivity contribution in [2.45, 2.75) is 19.4 Å². The Morgan fingerprint density at radius 2 is 2.00 bits per heavy atom. The average molecular weight is 292 g/mol. The Labute approximate surface area is 126 Å². The number of methoxy groups -OCH3 is 1. The Morgan fingerprint density at radius 3 is 2.62 bits per heavy atom. The fourth-order valence-corrected chi connectivity index (χ4v) is 2.38. The Bertz CT molecular complexity index is 441. The van der Waals surface area contributed by atoms with Crippen LogP contribution < -0.4 is 10.1 Å². The molecule has 1 N–H and O–H groups in total. The van der Waals surface area contributed by atoms with Crippen LogP contribution in [0.2, 0.25) is 0 Å². The monoisotopic (exact) mass is 292 g/mol. The summed E-state index contributed by atoms with van der Waals surface area (Å²) in [5.41, 5.74) is 1.19. The van der Waals surface area contributed by atoms with Crippen molar-refractivity contribution in [2.24, 2.45) is 0 Å². The molecule has 1 aromatic carbocycles. The van der Waals surface area contributed by atoms with Gasteiger partial charge in [-0.15, -0.1) is 0 Å². The molecule has 116 valence electrons. The first-order valence-electron chi connectivity index (χ1n) is 7.43. The van der Waals surface area contributed by atoms with Crippen LogP contribution in [0.5, 0.6) is 5.75 Å². The molecule has 1 aliphatic rings. The highest BCUT2D eigenvalue weighted by Gasteiger charge is 2.16. The van der Waals surface area contributed by atoms with Gasteiger partial charge in [0.25, 0.3) is 0 Å². The molecule has 21 heavy (non-hydrogen) atoms. The van der Waals surface area contributed by atoms with Crippen LogP contribution in [0, 0.1) is 0 Å². The first-order chi connectivity index (χ1) is 10.2. The van der Waals surface area contributed by atoms with Crippen molar-refractivity contribution in [1.29, 1.82) is 0 Å². The van der Waals surface area contributed by atoms with E-state index in [4.69, 9.17) is 9.47 Å². The van der Waals surface area contributed by atoms with E-state index in [9.17, 15) is 4.79 Å². The van der Waals surface area contributed by atoms with Gasteiger partial charge in [-0.3, -0.25) is 4.79 Å². The van der Waals surface area contributed by atoms with Crippen LogP contribution in [-0.4, -0.2) is 50.8 Å². The summed E-state index contributed by atoms with van der Waals surface area (Å²) in [5.74, 6) is 1.06. The van der Waals surface area contributed by atoms with Crippen molar-refractivity contribution >= 4 is 5.91 Å². The summed E-state index contributed by atoms with van der Waals surface area (Å²) >= 11 is 0. The fraction of sp³-hybridized carbons (Fsp3) is 0.562. The molecule has 5 heteroatoms. The summed E-state index contributed by atoms with van der Waals surface area (Å²) in [6.07, 6.45) is 0.528. The van der Waals surface area contributed by atoms with Gasteiger partial charge in [-0.2, -0.15) is 0 Å². The van der Waals surface area contributed by atoms with Crippen molar-refractivity contribution in [1.82, 2.24) is 10.2 Å². The summed E-state index contributed by atoms with van der Waals surface area (Å²) in [6, 6.07) is 8.20. The van der Waals surface area contributed by atoms with Crippen LogP contribution in [0.15, 0.2) is 24.3 Å². The molecule has 1 saturated heterocycles. The van der Waals surface area contributed by atoms with Crippen molar-refractivity contribution in [3.63, 3.8) is 0 Å². The second-order valence-electron chi connectivity index (χ2n) is 5.19. The molecule has 1 aromatic rings. The van der Waals surface area contributed by atoms with Gasteiger partial charge in [0, 0.05) is 32.1 Å². The normalized spacial score (nSPS) is 16.6. The molecule has 1 unspecified atom stereocenters. The van der Waals surface area contributed by atoms with E-state index in [1.807, 2.05) is 29.2 Å². The van der Waals surface area contributed by atoms with Gasteiger partial charge in [0.1, 0.15) is 5.75 Å².